The lowest BCUT2D eigenvalue weighted by atomic mass is 10.1. The highest BCUT2D eigenvalue weighted by molar-refractivity contribution is 8.23. The second-order valence-electron chi connectivity index (χ2n) is 7.02. The van der Waals surface area contributed by atoms with Crippen LogP contribution in [-0.2, 0) is 4.79 Å². The second kappa shape index (κ2) is 8.00. The summed E-state index contributed by atoms with van der Waals surface area (Å²) in [7, 11) is 2.12. The molecule has 1 aliphatic carbocycles. The van der Waals surface area contributed by atoms with Gasteiger partial charge in [-0.15, -0.1) is 0 Å². The molecule has 0 unspecified atom stereocenters. The first-order valence-electron chi connectivity index (χ1n) is 9.21. The SMILES string of the molecule is CN1CCN(C(=S)SCC(=O)NC2c3ccccc3-c3ccccc32)CC1. The molecule has 0 radical (unpaired) electrons. The molecule has 2 aromatic rings. The maximum atomic E-state index is 12.6. The van der Waals surface area contributed by atoms with Crippen LogP contribution in [0.5, 0.6) is 0 Å². The molecule has 27 heavy (non-hydrogen) atoms. The number of fused-ring (bicyclic) bond motifs is 3. The van der Waals surface area contributed by atoms with Crippen LogP contribution in [0.2, 0.25) is 0 Å². The van der Waals surface area contributed by atoms with Gasteiger partial charge in [0, 0.05) is 26.2 Å². The fraction of sp³-hybridized carbons (Fsp3) is 0.333. The highest BCUT2D eigenvalue weighted by atomic mass is 32.2. The van der Waals surface area contributed by atoms with Gasteiger partial charge < -0.3 is 15.1 Å². The Morgan fingerprint density at radius 3 is 2.19 bits per heavy atom. The molecule has 6 heteroatoms. The minimum Gasteiger partial charge on any atom is -0.355 e. The largest absolute Gasteiger partial charge is 0.355 e. The zero-order valence-corrected chi connectivity index (χ0v) is 17.0. The number of piperazine rings is 1. The summed E-state index contributed by atoms with van der Waals surface area (Å²) in [6.45, 7) is 3.91. The lowest BCUT2D eigenvalue weighted by molar-refractivity contribution is -0.119. The van der Waals surface area contributed by atoms with Gasteiger partial charge in [-0.25, -0.2) is 0 Å². The Morgan fingerprint density at radius 1 is 1.04 bits per heavy atom. The van der Waals surface area contributed by atoms with E-state index in [9.17, 15) is 4.79 Å². The van der Waals surface area contributed by atoms with E-state index in [1.165, 1.54) is 34.0 Å². The van der Waals surface area contributed by atoms with Gasteiger partial charge in [-0.05, 0) is 29.3 Å². The number of nitrogens with one attached hydrogen (secondary N) is 1. The summed E-state index contributed by atoms with van der Waals surface area (Å²) in [5.41, 5.74) is 4.75. The van der Waals surface area contributed by atoms with Crippen molar-refractivity contribution in [3.63, 3.8) is 0 Å². The molecule has 0 atom stereocenters. The van der Waals surface area contributed by atoms with Crippen LogP contribution in [0.1, 0.15) is 17.2 Å². The molecule has 1 amide bonds. The Labute approximate surface area is 169 Å². The van der Waals surface area contributed by atoms with E-state index in [-0.39, 0.29) is 11.9 Å². The predicted molar refractivity (Wildman–Crippen MR) is 116 cm³/mol. The van der Waals surface area contributed by atoms with Crippen molar-refractivity contribution in [1.82, 2.24) is 15.1 Å². The first-order valence-corrected chi connectivity index (χ1v) is 10.6. The van der Waals surface area contributed by atoms with Gasteiger partial charge in [-0.2, -0.15) is 0 Å². The predicted octanol–water partition coefficient (Wildman–Crippen LogP) is 3.14. The summed E-state index contributed by atoms with van der Waals surface area (Å²) < 4.78 is 0.825. The van der Waals surface area contributed by atoms with Gasteiger partial charge in [-0.3, -0.25) is 4.79 Å². The monoisotopic (exact) mass is 397 g/mol. The number of amides is 1. The number of rotatable bonds is 3. The molecule has 2 aromatic carbocycles. The highest BCUT2D eigenvalue weighted by Crippen LogP contribution is 2.42. The zero-order chi connectivity index (χ0) is 18.8. The summed E-state index contributed by atoms with van der Waals surface area (Å²) in [6, 6.07) is 16.5. The molecule has 140 valence electrons. The molecule has 2 aliphatic rings. The zero-order valence-electron chi connectivity index (χ0n) is 15.4. The van der Waals surface area contributed by atoms with E-state index in [4.69, 9.17) is 12.2 Å². The molecule has 0 bridgehead atoms. The second-order valence-corrected chi connectivity index (χ2v) is 8.63. The summed E-state index contributed by atoms with van der Waals surface area (Å²) in [6.07, 6.45) is 0. The van der Waals surface area contributed by atoms with Gasteiger partial charge in [0.2, 0.25) is 5.91 Å². The van der Waals surface area contributed by atoms with Crippen molar-refractivity contribution in [2.75, 3.05) is 39.0 Å². The Balaban J connectivity index is 1.39. The molecule has 0 saturated carbocycles. The number of thiocarbonyl (C=S) groups is 1. The van der Waals surface area contributed by atoms with Gasteiger partial charge in [0.25, 0.3) is 0 Å². The minimum absolute atomic E-state index is 0.0213. The topological polar surface area (TPSA) is 35.6 Å². The fourth-order valence-corrected chi connectivity index (χ4v) is 4.78. The average Bonchev–Trinajstić information content (AvgIpc) is 3.01. The number of nitrogens with zero attached hydrogens (tertiary/aromatic N) is 2. The van der Waals surface area contributed by atoms with E-state index >= 15 is 0 Å². The van der Waals surface area contributed by atoms with Crippen LogP contribution in [0, 0.1) is 0 Å². The van der Waals surface area contributed by atoms with Crippen molar-refractivity contribution in [2.24, 2.45) is 0 Å². The number of hydrogen-bond acceptors (Lipinski definition) is 4. The molecule has 1 N–H and O–H groups in total. The summed E-state index contributed by atoms with van der Waals surface area (Å²) >= 11 is 7.00. The fourth-order valence-electron chi connectivity index (χ4n) is 3.72. The van der Waals surface area contributed by atoms with Crippen LogP contribution < -0.4 is 5.32 Å². The Kier molecular flexibility index (Phi) is 5.48. The molecule has 1 aliphatic heterocycles. The Bertz CT molecular complexity index is 817. The molecule has 0 spiro atoms. The molecule has 0 aromatic heterocycles. The lowest BCUT2D eigenvalue weighted by Gasteiger charge is -2.33. The number of likely N-dealkylation sites (N-methyl/N-ethyl adjacent to an activating group) is 1. The number of carbonyl (C=O) groups excluding carboxylic acids is 1. The van der Waals surface area contributed by atoms with Crippen molar-refractivity contribution in [2.45, 2.75) is 6.04 Å². The maximum absolute atomic E-state index is 12.6. The number of hydrogen-bond donors (Lipinski definition) is 1. The van der Waals surface area contributed by atoms with Crippen LogP contribution in [0.4, 0.5) is 0 Å². The highest BCUT2D eigenvalue weighted by Gasteiger charge is 2.29. The van der Waals surface area contributed by atoms with Gasteiger partial charge in [0.05, 0.1) is 11.8 Å². The Morgan fingerprint density at radius 2 is 1.59 bits per heavy atom. The van der Waals surface area contributed by atoms with E-state index in [1.807, 2.05) is 24.3 Å². The van der Waals surface area contributed by atoms with Gasteiger partial charge in [-0.1, -0.05) is 72.5 Å². The first-order chi connectivity index (χ1) is 13.1. The van der Waals surface area contributed by atoms with Crippen LogP contribution in [0.3, 0.4) is 0 Å². The molecular formula is C21H23N3OS2. The van der Waals surface area contributed by atoms with Gasteiger partial charge in [0.1, 0.15) is 4.32 Å². The van der Waals surface area contributed by atoms with Crippen LogP contribution in [-0.4, -0.2) is 59.0 Å². The van der Waals surface area contributed by atoms with Crippen molar-refractivity contribution in [1.29, 1.82) is 0 Å². The van der Waals surface area contributed by atoms with Gasteiger partial charge in [0.15, 0.2) is 0 Å². The van der Waals surface area contributed by atoms with Crippen molar-refractivity contribution >= 4 is 34.2 Å². The number of carbonyl (C=O) groups is 1. The first kappa shape index (κ1) is 18.5. The third-order valence-electron chi connectivity index (χ3n) is 5.23. The third-order valence-corrected chi connectivity index (χ3v) is 6.75. The van der Waals surface area contributed by atoms with Crippen molar-refractivity contribution < 1.29 is 4.79 Å². The lowest BCUT2D eigenvalue weighted by Crippen LogP contribution is -2.46. The van der Waals surface area contributed by atoms with Crippen LogP contribution >= 0.6 is 24.0 Å². The summed E-state index contributed by atoms with van der Waals surface area (Å²) in [5.74, 6) is 0.374. The summed E-state index contributed by atoms with van der Waals surface area (Å²) in [5, 5.41) is 3.21. The maximum Gasteiger partial charge on any atom is 0.231 e. The Hall–Kier alpha value is -1.89. The molecule has 1 saturated heterocycles. The molecule has 1 heterocycles. The summed E-state index contributed by atoms with van der Waals surface area (Å²) in [4.78, 5) is 17.1. The quantitative estimate of drug-likeness (QED) is 0.805. The van der Waals surface area contributed by atoms with Crippen molar-refractivity contribution in [3.05, 3.63) is 59.7 Å². The number of benzene rings is 2. The minimum atomic E-state index is -0.0808. The average molecular weight is 398 g/mol. The smallest absolute Gasteiger partial charge is 0.231 e. The van der Waals surface area contributed by atoms with E-state index in [1.54, 1.807) is 0 Å². The van der Waals surface area contributed by atoms with Crippen LogP contribution in [0.15, 0.2) is 48.5 Å². The normalized spacial score (nSPS) is 16.7. The third kappa shape index (κ3) is 3.88. The van der Waals surface area contributed by atoms with Crippen LogP contribution in [0.25, 0.3) is 11.1 Å². The molecule has 4 nitrogen and oxygen atoms in total. The van der Waals surface area contributed by atoms with Gasteiger partial charge >= 0.3 is 0 Å². The molecular weight excluding hydrogens is 374 g/mol. The number of thioether (sulfide) groups is 1. The van der Waals surface area contributed by atoms with E-state index in [0.29, 0.717) is 5.75 Å². The standard InChI is InChI=1S/C21H23N3OS2/c1-23-10-12-24(13-11-23)21(26)27-14-19(25)22-20-17-8-4-2-6-15(17)16-7-3-5-9-18(16)20/h2-9,20H,10-14H2,1H3,(H,22,25). The molecule has 4 rings (SSSR count). The van der Waals surface area contributed by atoms with E-state index in [0.717, 1.165) is 30.5 Å². The van der Waals surface area contributed by atoms with E-state index < -0.39 is 0 Å². The van der Waals surface area contributed by atoms with Crippen molar-refractivity contribution in [3.8, 4) is 11.1 Å². The molecule has 1 fully saturated rings. The van der Waals surface area contributed by atoms with E-state index in [2.05, 4.69) is 46.4 Å².